The van der Waals surface area contributed by atoms with E-state index in [0.29, 0.717) is 17.5 Å². The van der Waals surface area contributed by atoms with Crippen LogP contribution < -0.4 is 5.32 Å². The van der Waals surface area contributed by atoms with E-state index in [9.17, 15) is 9.59 Å². The van der Waals surface area contributed by atoms with Crippen LogP contribution in [0, 0.1) is 0 Å². The molecule has 0 aliphatic rings. The normalized spacial score (nSPS) is 12.4. The van der Waals surface area contributed by atoms with Gasteiger partial charge >= 0.3 is 5.97 Å². The van der Waals surface area contributed by atoms with Crippen molar-refractivity contribution >= 4 is 23.6 Å². The first-order chi connectivity index (χ1) is 9.97. The average molecular weight is 313 g/mol. The number of hydrogen-bond acceptors (Lipinski definition) is 4. The number of carbonyl (C=O) groups is 2. The van der Waals surface area contributed by atoms with E-state index in [1.807, 2.05) is 16.9 Å². The van der Waals surface area contributed by atoms with Crippen molar-refractivity contribution in [2.24, 2.45) is 0 Å². The molecule has 0 aliphatic carbocycles. The number of aromatic nitrogens is 2. The van der Waals surface area contributed by atoms with Gasteiger partial charge in [-0.05, 0) is 18.9 Å². The third kappa shape index (κ3) is 5.79. The van der Waals surface area contributed by atoms with E-state index in [1.165, 1.54) is 18.7 Å². The summed E-state index contributed by atoms with van der Waals surface area (Å²) in [5.41, 5.74) is 0.930. The molecule has 1 amide bonds. The number of nitrogens with zero attached hydrogens (tertiary/aromatic N) is 2. The number of amides is 1. The van der Waals surface area contributed by atoms with Gasteiger partial charge in [0.15, 0.2) is 0 Å². The van der Waals surface area contributed by atoms with E-state index in [2.05, 4.69) is 24.3 Å². The van der Waals surface area contributed by atoms with Gasteiger partial charge in [-0.15, -0.1) is 0 Å². The predicted molar refractivity (Wildman–Crippen MR) is 83.2 cm³/mol. The molecule has 1 atom stereocenters. The molecule has 0 spiro atoms. The summed E-state index contributed by atoms with van der Waals surface area (Å²) in [6.07, 6.45) is 4.04. The summed E-state index contributed by atoms with van der Waals surface area (Å²) in [4.78, 5) is 21.9. The average Bonchev–Trinajstić information content (AvgIpc) is 2.87. The lowest BCUT2D eigenvalue weighted by atomic mass is 10.2. The molecule has 21 heavy (non-hydrogen) atoms. The third-order valence-corrected chi connectivity index (χ3v) is 4.26. The highest BCUT2D eigenvalue weighted by molar-refractivity contribution is 7.98. The summed E-state index contributed by atoms with van der Waals surface area (Å²) in [5, 5.41) is 16.0. The van der Waals surface area contributed by atoms with Gasteiger partial charge in [-0.25, -0.2) is 4.79 Å². The summed E-state index contributed by atoms with van der Waals surface area (Å²) in [6.45, 7) is 5.59. The Hall–Kier alpha value is -1.50. The van der Waals surface area contributed by atoms with Crippen LogP contribution in [0.4, 0.5) is 0 Å². The van der Waals surface area contributed by atoms with E-state index < -0.39 is 12.0 Å². The van der Waals surface area contributed by atoms with Crippen molar-refractivity contribution < 1.29 is 14.7 Å². The Bertz CT molecular complexity index is 472. The Morgan fingerprint density at radius 3 is 2.62 bits per heavy atom. The third-order valence-electron chi connectivity index (χ3n) is 3.19. The van der Waals surface area contributed by atoms with Crippen LogP contribution in [-0.2, 0) is 15.3 Å². The van der Waals surface area contributed by atoms with Crippen LogP contribution in [0.25, 0.3) is 0 Å². The van der Waals surface area contributed by atoms with Crippen molar-refractivity contribution in [2.75, 3.05) is 5.75 Å². The summed E-state index contributed by atoms with van der Waals surface area (Å²) < 4.78 is 1.97. The van der Waals surface area contributed by atoms with Crippen molar-refractivity contribution in [2.45, 2.75) is 51.4 Å². The maximum Gasteiger partial charge on any atom is 0.327 e. The minimum atomic E-state index is -1.01. The molecule has 7 heteroatoms. The first-order valence-electron chi connectivity index (χ1n) is 7.09. The minimum Gasteiger partial charge on any atom is -0.480 e. The fourth-order valence-electron chi connectivity index (χ4n) is 2.02. The first kappa shape index (κ1) is 17.6. The molecule has 0 bridgehead atoms. The highest BCUT2D eigenvalue weighted by Gasteiger charge is 2.18. The van der Waals surface area contributed by atoms with E-state index in [1.54, 1.807) is 0 Å². The van der Waals surface area contributed by atoms with Crippen LogP contribution in [0.2, 0.25) is 0 Å². The van der Waals surface area contributed by atoms with E-state index >= 15 is 0 Å². The quantitative estimate of drug-likeness (QED) is 0.729. The topological polar surface area (TPSA) is 84.2 Å². The van der Waals surface area contributed by atoms with Crippen molar-refractivity contribution in [3.05, 3.63) is 18.0 Å². The van der Waals surface area contributed by atoms with Crippen LogP contribution in [0.15, 0.2) is 12.3 Å². The molecule has 1 aromatic rings. The van der Waals surface area contributed by atoms with Crippen molar-refractivity contribution in [3.8, 4) is 0 Å². The number of carboxylic acid groups (broad SMARTS) is 1. The minimum absolute atomic E-state index is 0.326. The van der Waals surface area contributed by atoms with E-state index in [0.717, 1.165) is 18.5 Å². The summed E-state index contributed by atoms with van der Waals surface area (Å²) in [7, 11) is 0. The van der Waals surface area contributed by atoms with Crippen molar-refractivity contribution in [1.29, 1.82) is 0 Å². The van der Waals surface area contributed by atoms with Gasteiger partial charge in [0, 0.05) is 24.6 Å². The maximum atomic E-state index is 11.0. The molecule has 0 aliphatic heterocycles. The molecule has 0 saturated heterocycles. The lowest BCUT2D eigenvalue weighted by Crippen LogP contribution is -2.41. The molecule has 0 fully saturated rings. The molecule has 6 nitrogen and oxygen atoms in total. The van der Waals surface area contributed by atoms with E-state index in [4.69, 9.17) is 5.11 Å². The van der Waals surface area contributed by atoms with Crippen LogP contribution in [-0.4, -0.2) is 38.6 Å². The van der Waals surface area contributed by atoms with Crippen LogP contribution in [0.5, 0.6) is 0 Å². The molecule has 0 saturated carbocycles. The zero-order valence-corrected chi connectivity index (χ0v) is 13.5. The monoisotopic (exact) mass is 313 g/mol. The molecule has 2 N–H and O–H groups in total. The number of rotatable bonds is 9. The molecule has 0 aromatic carbocycles. The second-order valence-corrected chi connectivity index (χ2v) is 5.89. The summed E-state index contributed by atoms with van der Waals surface area (Å²) >= 11 is 1.45. The van der Waals surface area contributed by atoms with Crippen LogP contribution in [0.3, 0.4) is 0 Å². The zero-order chi connectivity index (χ0) is 15.8. The highest BCUT2D eigenvalue weighted by atomic mass is 32.2. The molecule has 0 unspecified atom stereocenters. The fourth-order valence-corrected chi connectivity index (χ4v) is 2.96. The Balaban J connectivity index is 2.48. The Morgan fingerprint density at radius 2 is 2.10 bits per heavy atom. The molecule has 1 heterocycles. The number of carbonyl (C=O) groups excluding carboxylic acids is 1. The lowest BCUT2D eigenvalue weighted by Gasteiger charge is -2.13. The summed E-state index contributed by atoms with van der Waals surface area (Å²) in [6, 6.07) is 1.52. The number of carboxylic acids is 1. The van der Waals surface area contributed by atoms with E-state index in [-0.39, 0.29) is 5.91 Å². The molecule has 1 aromatic heterocycles. The Morgan fingerprint density at radius 1 is 1.43 bits per heavy atom. The van der Waals surface area contributed by atoms with Gasteiger partial charge in [0.05, 0.1) is 11.7 Å². The molecule has 0 radical (unpaired) electrons. The highest BCUT2D eigenvalue weighted by Crippen LogP contribution is 2.17. The number of aliphatic carboxylic acids is 1. The van der Waals surface area contributed by atoms with Crippen molar-refractivity contribution in [3.63, 3.8) is 0 Å². The van der Waals surface area contributed by atoms with Gasteiger partial charge < -0.3 is 10.4 Å². The number of thioether (sulfide) groups is 1. The maximum absolute atomic E-state index is 11.0. The largest absolute Gasteiger partial charge is 0.480 e. The molecular weight excluding hydrogens is 290 g/mol. The lowest BCUT2D eigenvalue weighted by molar-refractivity contribution is -0.140. The first-order valence-corrected chi connectivity index (χ1v) is 8.25. The Labute approximate surface area is 129 Å². The zero-order valence-electron chi connectivity index (χ0n) is 12.7. The van der Waals surface area contributed by atoms with Gasteiger partial charge in [0.1, 0.15) is 6.04 Å². The molecule has 118 valence electrons. The summed E-state index contributed by atoms with van der Waals surface area (Å²) in [5.74, 6) is -0.384. The van der Waals surface area contributed by atoms with Gasteiger partial charge in [-0.1, -0.05) is 13.8 Å². The standard InChI is InChI=1S/C14H23N3O3S/c1-4-12(5-2)17-7-6-11(16-17)8-21-9-13(14(19)20)15-10(3)18/h6-7,12-13H,4-5,8-9H2,1-3H3,(H,15,18)(H,19,20)/t13-/m0/s1. The predicted octanol–water partition coefficient (Wildman–Crippen LogP) is 2.07. The van der Waals surface area contributed by atoms with Gasteiger partial charge in [0.25, 0.3) is 0 Å². The van der Waals surface area contributed by atoms with Gasteiger partial charge in [-0.2, -0.15) is 16.9 Å². The van der Waals surface area contributed by atoms with Crippen molar-refractivity contribution in [1.82, 2.24) is 15.1 Å². The molecular formula is C14H23N3O3S. The van der Waals surface area contributed by atoms with Crippen LogP contribution >= 0.6 is 11.8 Å². The van der Waals surface area contributed by atoms with Crippen LogP contribution in [0.1, 0.15) is 45.3 Å². The second-order valence-electron chi connectivity index (χ2n) is 4.86. The van der Waals surface area contributed by atoms with Gasteiger partial charge in [0.2, 0.25) is 5.91 Å². The smallest absolute Gasteiger partial charge is 0.327 e. The second kappa shape index (κ2) is 8.71. The Kier molecular flexibility index (Phi) is 7.28. The number of nitrogens with one attached hydrogen (secondary N) is 1. The fraction of sp³-hybridized carbons (Fsp3) is 0.643. The number of hydrogen-bond donors (Lipinski definition) is 2. The molecule has 1 rings (SSSR count). The van der Waals surface area contributed by atoms with Gasteiger partial charge in [-0.3, -0.25) is 9.48 Å². The SMILES string of the molecule is CCC(CC)n1ccc(CSC[C@H](NC(C)=O)C(=O)O)n1.